The molecule has 2 aromatic heterocycles. The number of anilines is 3. The zero-order valence-electron chi connectivity index (χ0n) is 16.5. The lowest BCUT2D eigenvalue weighted by Crippen LogP contribution is -2.23. The van der Waals surface area contributed by atoms with Gasteiger partial charge in [0.25, 0.3) is 0 Å². The van der Waals surface area contributed by atoms with Gasteiger partial charge in [0, 0.05) is 30.8 Å². The van der Waals surface area contributed by atoms with Gasteiger partial charge < -0.3 is 14.7 Å². The summed E-state index contributed by atoms with van der Waals surface area (Å²) in [5.41, 5.74) is 3.12. The molecule has 2 aromatic carbocycles. The van der Waals surface area contributed by atoms with Crippen LogP contribution in [0.25, 0.3) is 11.3 Å². The standard InChI is InChI=1S/C23H23N5O/c1-3-28(16-18-10-6-4-7-11-18)22-15-20(19-12-8-5-9-13-19)24-23(26-22)25-21-14-17(2)29-27-21/h4-15H,3,16H2,1-2H3,(H,24,25,26,27). The maximum Gasteiger partial charge on any atom is 0.231 e. The molecular weight excluding hydrogens is 362 g/mol. The van der Waals surface area contributed by atoms with Crippen LogP contribution in [0.1, 0.15) is 18.2 Å². The molecule has 0 bridgehead atoms. The molecule has 6 heteroatoms. The molecule has 0 unspecified atom stereocenters. The Balaban J connectivity index is 1.71. The lowest BCUT2D eigenvalue weighted by molar-refractivity contribution is 0.400. The van der Waals surface area contributed by atoms with Crippen molar-refractivity contribution in [1.29, 1.82) is 0 Å². The van der Waals surface area contributed by atoms with E-state index < -0.39 is 0 Å². The predicted octanol–water partition coefficient (Wildman–Crippen LogP) is 5.21. The van der Waals surface area contributed by atoms with Crippen LogP contribution in [0.5, 0.6) is 0 Å². The molecule has 146 valence electrons. The van der Waals surface area contributed by atoms with Crippen molar-refractivity contribution in [2.24, 2.45) is 0 Å². The molecule has 0 saturated carbocycles. The largest absolute Gasteiger partial charge is 0.360 e. The van der Waals surface area contributed by atoms with Crippen LogP contribution in [-0.4, -0.2) is 21.7 Å². The van der Waals surface area contributed by atoms with Crippen LogP contribution in [0.4, 0.5) is 17.6 Å². The number of aromatic nitrogens is 3. The zero-order chi connectivity index (χ0) is 20.1. The summed E-state index contributed by atoms with van der Waals surface area (Å²) in [5.74, 6) is 2.66. The van der Waals surface area contributed by atoms with Gasteiger partial charge in [-0.05, 0) is 19.4 Å². The third-order valence-corrected chi connectivity index (χ3v) is 4.57. The van der Waals surface area contributed by atoms with Crippen LogP contribution in [0.15, 0.2) is 77.3 Å². The summed E-state index contributed by atoms with van der Waals surface area (Å²) < 4.78 is 5.15. The molecule has 1 N–H and O–H groups in total. The number of hydrogen-bond acceptors (Lipinski definition) is 6. The fourth-order valence-corrected chi connectivity index (χ4v) is 3.11. The van der Waals surface area contributed by atoms with E-state index in [9.17, 15) is 0 Å². The second-order valence-electron chi connectivity index (χ2n) is 6.75. The minimum absolute atomic E-state index is 0.487. The first-order valence-electron chi connectivity index (χ1n) is 9.65. The Hall–Kier alpha value is -3.67. The number of nitrogens with one attached hydrogen (secondary N) is 1. The Morgan fingerprint density at radius 3 is 2.31 bits per heavy atom. The number of benzene rings is 2. The van der Waals surface area contributed by atoms with Crippen LogP contribution < -0.4 is 10.2 Å². The second kappa shape index (κ2) is 8.56. The molecule has 0 saturated heterocycles. The van der Waals surface area contributed by atoms with Gasteiger partial charge in [-0.15, -0.1) is 0 Å². The molecule has 0 aliphatic carbocycles. The number of aryl methyl sites for hydroxylation is 1. The van der Waals surface area contributed by atoms with Crippen molar-refractivity contribution >= 4 is 17.6 Å². The second-order valence-corrected chi connectivity index (χ2v) is 6.75. The minimum Gasteiger partial charge on any atom is -0.360 e. The number of hydrogen-bond donors (Lipinski definition) is 1. The predicted molar refractivity (Wildman–Crippen MR) is 115 cm³/mol. The summed E-state index contributed by atoms with van der Waals surface area (Å²) in [6.45, 7) is 5.57. The van der Waals surface area contributed by atoms with Crippen LogP contribution in [0.3, 0.4) is 0 Å². The van der Waals surface area contributed by atoms with E-state index in [0.29, 0.717) is 11.8 Å². The highest BCUT2D eigenvalue weighted by atomic mass is 16.5. The normalized spacial score (nSPS) is 10.7. The van der Waals surface area contributed by atoms with Crippen molar-refractivity contribution in [3.8, 4) is 11.3 Å². The van der Waals surface area contributed by atoms with Crippen LogP contribution in [-0.2, 0) is 6.54 Å². The molecule has 0 radical (unpaired) electrons. The molecule has 0 aliphatic heterocycles. The van der Waals surface area contributed by atoms with Crippen LogP contribution in [0.2, 0.25) is 0 Å². The molecule has 0 aliphatic rings. The topological polar surface area (TPSA) is 67.1 Å². The first-order valence-corrected chi connectivity index (χ1v) is 9.65. The van der Waals surface area contributed by atoms with Crippen LogP contribution >= 0.6 is 0 Å². The van der Waals surface area contributed by atoms with Gasteiger partial charge in [0.1, 0.15) is 11.6 Å². The third kappa shape index (κ3) is 4.60. The first kappa shape index (κ1) is 18.7. The van der Waals surface area contributed by atoms with Gasteiger partial charge in [-0.1, -0.05) is 65.8 Å². The van der Waals surface area contributed by atoms with Crippen molar-refractivity contribution in [3.63, 3.8) is 0 Å². The maximum absolute atomic E-state index is 5.15. The lowest BCUT2D eigenvalue weighted by Gasteiger charge is -2.23. The van der Waals surface area contributed by atoms with Gasteiger partial charge >= 0.3 is 0 Å². The molecular formula is C23H23N5O. The summed E-state index contributed by atoms with van der Waals surface area (Å²) in [5, 5.41) is 7.16. The fourth-order valence-electron chi connectivity index (χ4n) is 3.11. The molecule has 29 heavy (non-hydrogen) atoms. The molecule has 0 amide bonds. The molecule has 4 rings (SSSR count). The van der Waals surface area contributed by atoms with Crippen molar-refractivity contribution in [2.45, 2.75) is 20.4 Å². The minimum atomic E-state index is 0.487. The summed E-state index contributed by atoms with van der Waals surface area (Å²) in [6, 6.07) is 24.3. The fraction of sp³-hybridized carbons (Fsp3) is 0.174. The van der Waals surface area contributed by atoms with Gasteiger partial charge in [0.15, 0.2) is 5.82 Å². The van der Waals surface area contributed by atoms with E-state index in [0.717, 1.165) is 35.9 Å². The van der Waals surface area contributed by atoms with Crippen molar-refractivity contribution in [3.05, 3.63) is 84.1 Å². The van der Waals surface area contributed by atoms with Crippen LogP contribution in [0, 0.1) is 6.92 Å². The molecule has 0 spiro atoms. The Morgan fingerprint density at radius 2 is 1.66 bits per heavy atom. The molecule has 0 atom stereocenters. The van der Waals surface area contributed by atoms with Gasteiger partial charge in [-0.25, -0.2) is 4.98 Å². The number of rotatable bonds is 7. The number of nitrogens with zero attached hydrogens (tertiary/aromatic N) is 4. The zero-order valence-corrected chi connectivity index (χ0v) is 16.5. The highest BCUT2D eigenvalue weighted by Gasteiger charge is 2.13. The van der Waals surface area contributed by atoms with Gasteiger partial charge in [-0.2, -0.15) is 4.98 Å². The molecule has 4 aromatic rings. The third-order valence-electron chi connectivity index (χ3n) is 4.57. The Labute approximate surface area is 170 Å². The van der Waals surface area contributed by atoms with E-state index in [1.807, 2.05) is 55.5 Å². The lowest BCUT2D eigenvalue weighted by atomic mass is 10.1. The Bertz CT molecular complexity index is 1060. The van der Waals surface area contributed by atoms with E-state index in [-0.39, 0.29) is 0 Å². The Morgan fingerprint density at radius 1 is 0.931 bits per heavy atom. The van der Waals surface area contributed by atoms with Gasteiger partial charge in [0.05, 0.1) is 5.69 Å². The Kier molecular flexibility index (Phi) is 5.52. The summed E-state index contributed by atoms with van der Waals surface area (Å²) >= 11 is 0. The average molecular weight is 385 g/mol. The average Bonchev–Trinajstić information content (AvgIpc) is 3.17. The molecule has 2 heterocycles. The molecule has 0 fully saturated rings. The van der Waals surface area contributed by atoms with Gasteiger partial charge in [0.2, 0.25) is 5.95 Å². The van der Waals surface area contributed by atoms with E-state index in [2.05, 4.69) is 46.6 Å². The van der Waals surface area contributed by atoms with Gasteiger partial charge in [-0.3, -0.25) is 0 Å². The van der Waals surface area contributed by atoms with E-state index >= 15 is 0 Å². The smallest absolute Gasteiger partial charge is 0.231 e. The highest BCUT2D eigenvalue weighted by Crippen LogP contribution is 2.25. The SMILES string of the molecule is CCN(Cc1ccccc1)c1cc(-c2ccccc2)nc(Nc2cc(C)on2)n1. The summed E-state index contributed by atoms with van der Waals surface area (Å²) in [7, 11) is 0. The summed E-state index contributed by atoms with van der Waals surface area (Å²) in [4.78, 5) is 11.7. The maximum atomic E-state index is 5.15. The van der Waals surface area contributed by atoms with E-state index in [1.54, 1.807) is 0 Å². The summed E-state index contributed by atoms with van der Waals surface area (Å²) in [6.07, 6.45) is 0. The quantitative estimate of drug-likeness (QED) is 0.471. The highest BCUT2D eigenvalue weighted by molar-refractivity contribution is 5.66. The first-order chi connectivity index (χ1) is 14.2. The van der Waals surface area contributed by atoms with Crippen molar-refractivity contribution in [1.82, 2.24) is 15.1 Å². The van der Waals surface area contributed by atoms with E-state index in [1.165, 1.54) is 5.56 Å². The van der Waals surface area contributed by atoms with Crippen molar-refractivity contribution < 1.29 is 4.52 Å². The molecule has 6 nitrogen and oxygen atoms in total. The van der Waals surface area contributed by atoms with E-state index in [4.69, 9.17) is 14.5 Å². The van der Waals surface area contributed by atoms with Crippen molar-refractivity contribution in [2.75, 3.05) is 16.8 Å². The monoisotopic (exact) mass is 385 g/mol.